The number of nitrogens with one attached hydrogen (secondary N) is 3. The molecular formula is C35H33N7O. The molecule has 8 nitrogen and oxygen atoms in total. The van der Waals surface area contributed by atoms with Crippen molar-refractivity contribution in [2.75, 3.05) is 19.0 Å². The number of aromatic nitrogens is 3. The summed E-state index contributed by atoms with van der Waals surface area (Å²) in [5, 5.41) is 7.34. The molecule has 4 heterocycles. The van der Waals surface area contributed by atoms with E-state index in [0.717, 1.165) is 75.3 Å². The molecule has 2 aromatic heterocycles. The molecule has 2 atom stereocenters. The first-order valence-corrected chi connectivity index (χ1v) is 14.6. The predicted molar refractivity (Wildman–Crippen MR) is 173 cm³/mol. The van der Waals surface area contributed by atoms with Crippen LogP contribution >= 0.6 is 0 Å². The Bertz CT molecular complexity index is 1890. The predicted octanol–water partition coefficient (Wildman–Crippen LogP) is 5.67. The van der Waals surface area contributed by atoms with Crippen LogP contribution in [0.15, 0.2) is 90.7 Å². The monoisotopic (exact) mass is 567 g/mol. The van der Waals surface area contributed by atoms with Crippen molar-refractivity contribution in [1.82, 2.24) is 25.6 Å². The summed E-state index contributed by atoms with van der Waals surface area (Å²) in [7, 11) is 3.58. The number of anilines is 1. The third-order valence-electron chi connectivity index (χ3n) is 8.60. The maximum atomic E-state index is 13.6. The summed E-state index contributed by atoms with van der Waals surface area (Å²) in [5.41, 5.74) is 10.3. The summed E-state index contributed by atoms with van der Waals surface area (Å²) in [6, 6.07) is 22.8. The number of pyridine rings is 1. The van der Waals surface area contributed by atoms with Gasteiger partial charge in [0.05, 0.1) is 41.5 Å². The highest BCUT2D eigenvalue weighted by atomic mass is 16.2. The van der Waals surface area contributed by atoms with Crippen LogP contribution in [0.4, 0.5) is 5.69 Å². The van der Waals surface area contributed by atoms with Crippen LogP contribution in [0.3, 0.4) is 0 Å². The lowest BCUT2D eigenvalue weighted by Crippen LogP contribution is -2.45. The van der Waals surface area contributed by atoms with Crippen LogP contribution in [0.1, 0.15) is 35.0 Å². The minimum atomic E-state index is -0.208. The summed E-state index contributed by atoms with van der Waals surface area (Å²) in [6.07, 6.45) is 7.77. The Morgan fingerprint density at radius 1 is 1.02 bits per heavy atom. The van der Waals surface area contributed by atoms with Crippen LogP contribution in [0.25, 0.3) is 39.0 Å². The van der Waals surface area contributed by atoms with Crippen molar-refractivity contribution >= 4 is 34.5 Å². The van der Waals surface area contributed by atoms with Crippen LogP contribution in [0.2, 0.25) is 0 Å². The van der Waals surface area contributed by atoms with Gasteiger partial charge in [0.2, 0.25) is 5.91 Å². The molecule has 2 aliphatic heterocycles. The van der Waals surface area contributed by atoms with Crippen molar-refractivity contribution in [3.63, 3.8) is 0 Å². The maximum Gasteiger partial charge on any atom is 0.244 e. The Morgan fingerprint density at radius 2 is 1.84 bits per heavy atom. The Hall–Kier alpha value is -5.08. The number of para-hydroxylation sites is 1. The molecule has 1 amide bonds. The van der Waals surface area contributed by atoms with Gasteiger partial charge in [-0.25, -0.2) is 4.98 Å². The minimum Gasteiger partial charge on any atom is -0.347 e. The number of aryl methyl sites for hydroxylation is 1. The zero-order valence-electron chi connectivity index (χ0n) is 24.3. The van der Waals surface area contributed by atoms with Gasteiger partial charge in [-0.2, -0.15) is 0 Å². The number of benzene rings is 3. The first-order chi connectivity index (χ1) is 21.0. The molecule has 0 saturated carbocycles. The number of rotatable bonds is 7. The summed E-state index contributed by atoms with van der Waals surface area (Å²) in [6.45, 7) is 4.06. The SMILES string of the molecule is C=C(NC=NC)c1ccc(-c2ccc3cc(-c4cnc(C5Cc6cccc7c6N5C(=O)C(NC)CC7)[nH]4)cnc3c2)cc1. The van der Waals surface area contributed by atoms with E-state index >= 15 is 0 Å². The van der Waals surface area contributed by atoms with Gasteiger partial charge < -0.3 is 15.6 Å². The Kier molecular flexibility index (Phi) is 6.83. The molecule has 8 heteroatoms. The molecule has 7 rings (SSSR count). The number of hydrogen-bond acceptors (Lipinski definition) is 5. The van der Waals surface area contributed by atoms with Gasteiger partial charge in [0.15, 0.2) is 0 Å². The minimum absolute atomic E-state index is 0.111. The summed E-state index contributed by atoms with van der Waals surface area (Å²) < 4.78 is 0. The quantitative estimate of drug-likeness (QED) is 0.174. The maximum absolute atomic E-state index is 13.6. The van der Waals surface area contributed by atoms with E-state index in [1.807, 2.05) is 36.5 Å². The third-order valence-corrected chi connectivity index (χ3v) is 8.60. The Labute approximate surface area is 250 Å². The molecule has 0 aliphatic carbocycles. The van der Waals surface area contributed by atoms with E-state index in [1.54, 1.807) is 13.4 Å². The average molecular weight is 568 g/mol. The van der Waals surface area contributed by atoms with Crippen molar-refractivity contribution in [3.05, 3.63) is 108 Å². The fourth-order valence-corrected chi connectivity index (χ4v) is 6.31. The standard InChI is InChI=1S/C35H33N7O/c1-21(40-20-36-2)22-7-9-23(10-8-22)25-11-12-26-15-28(18-38-30(26)16-25)31-19-39-34(41-31)32-17-27-6-4-5-24-13-14-29(37-3)35(43)42(32)33(24)27/h4-12,15-16,18-20,29,32,37H,1,13-14,17H2,2-3H3,(H,36,40)(H,39,41). The summed E-state index contributed by atoms with van der Waals surface area (Å²) in [5.74, 6) is 0.903. The molecule has 0 fully saturated rings. The fraction of sp³-hybridized carbons (Fsp3) is 0.200. The molecule has 0 bridgehead atoms. The van der Waals surface area contributed by atoms with Gasteiger partial charge >= 0.3 is 0 Å². The van der Waals surface area contributed by atoms with E-state index in [2.05, 4.69) is 81.8 Å². The Balaban J connectivity index is 1.14. The molecule has 0 spiro atoms. The van der Waals surface area contributed by atoms with E-state index in [9.17, 15) is 4.79 Å². The van der Waals surface area contributed by atoms with Crippen LogP contribution in [0, 0.1) is 0 Å². The molecule has 3 aromatic carbocycles. The molecule has 43 heavy (non-hydrogen) atoms. The van der Waals surface area contributed by atoms with E-state index in [4.69, 9.17) is 9.97 Å². The van der Waals surface area contributed by atoms with Crippen molar-refractivity contribution in [1.29, 1.82) is 0 Å². The number of carbonyl (C=O) groups is 1. The van der Waals surface area contributed by atoms with Gasteiger partial charge in [-0.3, -0.25) is 19.7 Å². The highest BCUT2D eigenvalue weighted by Gasteiger charge is 2.41. The lowest BCUT2D eigenvalue weighted by Gasteiger charge is -2.27. The van der Waals surface area contributed by atoms with E-state index < -0.39 is 0 Å². The van der Waals surface area contributed by atoms with E-state index in [-0.39, 0.29) is 18.0 Å². The number of carbonyl (C=O) groups excluding carboxylic acids is 1. The topological polar surface area (TPSA) is 98.3 Å². The number of aliphatic imine (C=N–C) groups is 1. The zero-order chi connectivity index (χ0) is 29.5. The van der Waals surface area contributed by atoms with Crippen LogP contribution in [0.5, 0.6) is 0 Å². The summed E-state index contributed by atoms with van der Waals surface area (Å²) in [4.78, 5) is 32.7. The molecule has 5 aromatic rings. The molecule has 0 radical (unpaired) electrons. The number of aromatic amines is 1. The largest absolute Gasteiger partial charge is 0.347 e. The van der Waals surface area contributed by atoms with Crippen molar-refractivity contribution in [2.45, 2.75) is 31.3 Å². The highest BCUT2D eigenvalue weighted by molar-refractivity contribution is 6.01. The first kappa shape index (κ1) is 26.8. The second-order valence-electron chi connectivity index (χ2n) is 11.1. The van der Waals surface area contributed by atoms with Crippen LogP contribution in [-0.4, -0.2) is 47.3 Å². The molecule has 2 aliphatic rings. The second kappa shape index (κ2) is 11.0. The van der Waals surface area contributed by atoms with Crippen molar-refractivity contribution in [2.24, 2.45) is 4.99 Å². The molecule has 3 N–H and O–H groups in total. The number of nitrogens with zero attached hydrogens (tertiary/aromatic N) is 4. The number of fused-ring (bicyclic) bond motifs is 1. The van der Waals surface area contributed by atoms with E-state index in [1.165, 1.54) is 11.1 Å². The van der Waals surface area contributed by atoms with Crippen LogP contribution < -0.4 is 15.5 Å². The number of H-pyrrole nitrogens is 1. The van der Waals surface area contributed by atoms with Gasteiger partial charge in [0, 0.05) is 36.3 Å². The van der Waals surface area contributed by atoms with Crippen molar-refractivity contribution < 1.29 is 4.79 Å². The average Bonchev–Trinajstić information content (AvgIpc) is 3.66. The zero-order valence-corrected chi connectivity index (χ0v) is 24.3. The normalized spacial score (nSPS) is 17.8. The smallest absolute Gasteiger partial charge is 0.244 e. The second-order valence-corrected chi connectivity index (χ2v) is 11.1. The van der Waals surface area contributed by atoms with Crippen LogP contribution in [-0.2, 0) is 17.6 Å². The number of hydrogen-bond donors (Lipinski definition) is 3. The highest BCUT2D eigenvalue weighted by Crippen LogP contribution is 2.44. The fourth-order valence-electron chi connectivity index (χ4n) is 6.31. The lowest BCUT2D eigenvalue weighted by molar-refractivity contribution is -0.120. The molecule has 214 valence electrons. The van der Waals surface area contributed by atoms with Crippen molar-refractivity contribution in [3.8, 4) is 22.4 Å². The molecular weight excluding hydrogens is 534 g/mol. The summed E-state index contributed by atoms with van der Waals surface area (Å²) >= 11 is 0. The third kappa shape index (κ3) is 4.79. The van der Waals surface area contributed by atoms with E-state index in [0.29, 0.717) is 0 Å². The van der Waals surface area contributed by atoms with Gasteiger partial charge in [-0.1, -0.05) is 61.2 Å². The number of amides is 1. The number of imidazole rings is 1. The molecule has 2 unspecified atom stereocenters. The first-order valence-electron chi connectivity index (χ1n) is 14.6. The van der Waals surface area contributed by atoms with Gasteiger partial charge in [-0.05, 0) is 59.8 Å². The number of likely N-dealkylation sites (N-methyl/N-ethyl adjacent to an activating group) is 1. The van der Waals surface area contributed by atoms with Gasteiger partial charge in [0.25, 0.3) is 0 Å². The van der Waals surface area contributed by atoms with Gasteiger partial charge in [0.1, 0.15) is 5.82 Å². The molecule has 0 saturated heterocycles. The lowest BCUT2D eigenvalue weighted by atomic mass is 10.0. The van der Waals surface area contributed by atoms with Gasteiger partial charge in [-0.15, -0.1) is 0 Å². The Morgan fingerprint density at radius 3 is 2.65 bits per heavy atom.